The summed E-state index contributed by atoms with van der Waals surface area (Å²) in [6, 6.07) is 7.62. The molecule has 9 heteroatoms. The van der Waals surface area contributed by atoms with Gasteiger partial charge in [0.25, 0.3) is 5.56 Å². The van der Waals surface area contributed by atoms with E-state index in [2.05, 4.69) is 15.7 Å². The lowest BCUT2D eigenvalue weighted by Gasteiger charge is -2.26. The van der Waals surface area contributed by atoms with E-state index in [-0.39, 0.29) is 11.9 Å². The number of rotatable bonds is 7. The van der Waals surface area contributed by atoms with Crippen molar-refractivity contribution >= 4 is 5.82 Å². The molecule has 1 aromatic heterocycles. The fourth-order valence-electron chi connectivity index (χ4n) is 2.66. The van der Waals surface area contributed by atoms with Gasteiger partial charge in [-0.1, -0.05) is 12.1 Å². The maximum atomic E-state index is 11.9. The van der Waals surface area contributed by atoms with Crippen molar-refractivity contribution in [2.45, 2.75) is 12.5 Å². The lowest BCUT2D eigenvalue weighted by molar-refractivity contribution is 0.0906. The van der Waals surface area contributed by atoms with Crippen molar-refractivity contribution < 1.29 is 9.47 Å². The normalized spacial score (nSPS) is 15.7. The Labute approximate surface area is 150 Å². The largest absolute Gasteiger partial charge is 0.486 e. The van der Waals surface area contributed by atoms with Gasteiger partial charge in [-0.15, -0.1) is 5.10 Å². The van der Waals surface area contributed by atoms with Crippen LogP contribution in [-0.2, 0) is 14.1 Å². The van der Waals surface area contributed by atoms with Crippen LogP contribution in [0.2, 0.25) is 0 Å². The van der Waals surface area contributed by atoms with E-state index in [1.165, 1.54) is 14.1 Å². The Balaban J connectivity index is 1.38. The summed E-state index contributed by atoms with van der Waals surface area (Å²) in [5, 5.41) is 10.2. The van der Waals surface area contributed by atoms with Gasteiger partial charge in [0.1, 0.15) is 12.7 Å². The number of para-hydroxylation sites is 2. The summed E-state index contributed by atoms with van der Waals surface area (Å²) in [7, 11) is 2.95. The lowest BCUT2D eigenvalue weighted by atomic mass is 10.2. The average Bonchev–Trinajstić information content (AvgIpc) is 2.66. The molecule has 1 atom stereocenters. The minimum atomic E-state index is -0.446. The van der Waals surface area contributed by atoms with Crippen LogP contribution in [0, 0.1) is 0 Å². The van der Waals surface area contributed by atoms with E-state index in [4.69, 9.17) is 9.47 Å². The Hall–Kier alpha value is -2.81. The average molecular weight is 361 g/mol. The second-order valence-corrected chi connectivity index (χ2v) is 6.10. The number of aromatic nitrogens is 3. The first-order valence-electron chi connectivity index (χ1n) is 8.53. The van der Waals surface area contributed by atoms with Gasteiger partial charge in [-0.05, 0) is 25.1 Å². The minimum absolute atomic E-state index is 0.0320. The quantitative estimate of drug-likeness (QED) is 0.654. The van der Waals surface area contributed by atoms with E-state index in [0.717, 1.165) is 33.7 Å². The molecule has 0 saturated carbocycles. The third kappa shape index (κ3) is 4.05. The minimum Gasteiger partial charge on any atom is -0.486 e. The van der Waals surface area contributed by atoms with Crippen LogP contribution in [-0.4, -0.2) is 46.7 Å². The highest BCUT2D eigenvalue weighted by Crippen LogP contribution is 2.30. The summed E-state index contributed by atoms with van der Waals surface area (Å²) in [4.78, 5) is 23.5. The first kappa shape index (κ1) is 18.0. The van der Waals surface area contributed by atoms with Gasteiger partial charge in [0, 0.05) is 27.2 Å². The summed E-state index contributed by atoms with van der Waals surface area (Å²) in [6.07, 6.45) is 0.758. The molecular formula is C17H23N5O4. The molecule has 0 bridgehead atoms. The fourth-order valence-corrected chi connectivity index (χ4v) is 2.66. The molecule has 0 radical (unpaired) electrons. The molecule has 2 N–H and O–H groups in total. The first-order chi connectivity index (χ1) is 12.6. The van der Waals surface area contributed by atoms with Crippen molar-refractivity contribution in [1.29, 1.82) is 0 Å². The summed E-state index contributed by atoms with van der Waals surface area (Å²) < 4.78 is 13.7. The highest BCUT2D eigenvalue weighted by atomic mass is 16.6. The van der Waals surface area contributed by atoms with Crippen molar-refractivity contribution in [1.82, 2.24) is 19.7 Å². The molecule has 0 saturated heterocycles. The maximum Gasteiger partial charge on any atom is 0.346 e. The molecule has 0 spiro atoms. The molecule has 2 aromatic rings. The highest BCUT2D eigenvalue weighted by Gasteiger charge is 2.19. The van der Waals surface area contributed by atoms with Crippen LogP contribution in [0.3, 0.4) is 0 Å². The molecule has 1 aliphatic heterocycles. The second-order valence-electron chi connectivity index (χ2n) is 6.10. The third-order valence-corrected chi connectivity index (χ3v) is 4.08. The van der Waals surface area contributed by atoms with Gasteiger partial charge in [0.2, 0.25) is 5.82 Å². The number of benzene rings is 1. The van der Waals surface area contributed by atoms with Crippen LogP contribution in [0.1, 0.15) is 6.42 Å². The second kappa shape index (κ2) is 8.05. The van der Waals surface area contributed by atoms with Crippen LogP contribution < -0.4 is 31.4 Å². The number of nitrogens with zero attached hydrogens (tertiary/aromatic N) is 3. The number of nitrogens with one attached hydrogen (secondary N) is 2. The molecule has 26 heavy (non-hydrogen) atoms. The van der Waals surface area contributed by atoms with Gasteiger partial charge >= 0.3 is 5.69 Å². The summed E-state index contributed by atoms with van der Waals surface area (Å²) in [6.45, 7) is 2.51. The molecule has 3 rings (SSSR count). The SMILES string of the molecule is Cn1nc(NCCCNCC2COc3ccccc3O2)c(=O)n(C)c1=O. The van der Waals surface area contributed by atoms with E-state index in [9.17, 15) is 9.59 Å². The zero-order chi connectivity index (χ0) is 18.5. The Bertz CT molecular complexity index is 876. The van der Waals surface area contributed by atoms with E-state index < -0.39 is 11.2 Å². The zero-order valence-electron chi connectivity index (χ0n) is 14.9. The molecule has 1 unspecified atom stereocenters. The first-order valence-corrected chi connectivity index (χ1v) is 8.53. The predicted octanol–water partition coefficient (Wildman–Crippen LogP) is -0.289. The monoisotopic (exact) mass is 361 g/mol. The molecule has 0 fully saturated rings. The molecule has 0 amide bonds. The fraction of sp³-hybridized carbons (Fsp3) is 0.471. The number of aryl methyl sites for hydroxylation is 1. The van der Waals surface area contributed by atoms with Crippen LogP contribution in [0.4, 0.5) is 5.82 Å². The molecule has 1 aliphatic rings. The molecule has 1 aromatic carbocycles. The smallest absolute Gasteiger partial charge is 0.346 e. The molecular weight excluding hydrogens is 338 g/mol. The Morgan fingerprint density at radius 2 is 1.96 bits per heavy atom. The van der Waals surface area contributed by atoms with Crippen LogP contribution in [0.15, 0.2) is 33.9 Å². The van der Waals surface area contributed by atoms with Gasteiger partial charge in [0.15, 0.2) is 11.5 Å². The van der Waals surface area contributed by atoms with Gasteiger partial charge in [0.05, 0.1) is 0 Å². The van der Waals surface area contributed by atoms with Crippen molar-refractivity contribution in [3.63, 3.8) is 0 Å². The Morgan fingerprint density at radius 1 is 1.19 bits per heavy atom. The highest BCUT2D eigenvalue weighted by molar-refractivity contribution is 5.40. The number of fused-ring (bicyclic) bond motifs is 1. The summed E-state index contributed by atoms with van der Waals surface area (Å²) >= 11 is 0. The number of hydrogen-bond acceptors (Lipinski definition) is 7. The lowest BCUT2D eigenvalue weighted by Crippen LogP contribution is -2.40. The maximum absolute atomic E-state index is 11.9. The summed E-state index contributed by atoms with van der Waals surface area (Å²) in [5.74, 6) is 1.72. The van der Waals surface area contributed by atoms with Crippen molar-refractivity contribution in [3.05, 3.63) is 45.1 Å². The number of hydrogen-bond donors (Lipinski definition) is 2. The predicted molar refractivity (Wildman–Crippen MR) is 97.0 cm³/mol. The molecule has 0 aliphatic carbocycles. The summed E-state index contributed by atoms with van der Waals surface area (Å²) in [5.41, 5.74) is -0.869. The molecule has 9 nitrogen and oxygen atoms in total. The molecule has 140 valence electrons. The van der Waals surface area contributed by atoms with E-state index in [1.807, 2.05) is 24.3 Å². The van der Waals surface area contributed by atoms with Gasteiger partial charge < -0.3 is 20.1 Å². The van der Waals surface area contributed by atoms with E-state index in [1.54, 1.807) is 0 Å². The third-order valence-electron chi connectivity index (χ3n) is 4.08. The van der Waals surface area contributed by atoms with Crippen LogP contribution in [0.5, 0.6) is 11.5 Å². The van der Waals surface area contributed by atoms with E-state index in [0.29, 0.717) is 19.7 Å². The van der Waals surface area contributed by atoms with Gasteiger partial charge in [-0.3, -0.25) is 9.36 Å². The van der Waals surface area contributed by atoms with Crippen molar-refractivity contribution in [3.8, 4) is 11.5 Å². The van der Waals surface area contributed by atoms with E-state index >= 15 is 0 Å². The Morgan fingerprint density at radius 3 is 2.77 bits per heavy atom. The number of anilines is 1. The Kier molecular flexibility index (Phi) is 5.57. The van der Waals surface area contributed by atoms with Gasteiger partial charge in [-0.25, -0.2) is 9.48 Å². The number of ether oxygens (including phenoxy) is 2. The van der Waals surface area contributed by atoms with Crippen LogP contribution >= 0.6 is 0 Å². The van der Waals surface area contributed by atoms with Gasteiger partial charge in [-0.2, -0.15) is 0 Å². The zero-order valence-corrected chi connectivity index (χ0v) is 14.9. The van der Waals surface area contributed by atoms with Crippen molar-refractivity contribution in [2.24, 2.45) is 14.1 Å². The van der Waals surface area contributed by atoms with Crippen LogP contribution in [0.25, 0.3) is 0 Å². The molecule has 2 heterocycles. The standard InChI is InChI=1S/C17H23N5O4/c1-21-16(23)15(20-22(2)17(21)24)19-9-5-8-18-10-12-11-25-13-6-3-4-7-14(13)26-12/h3-4,6-7,12,18H,5,8-11H2,1-2H3,(H,19,20). The van der Waals surface area contributed by atoms with Crippen molar-refractivity contribution in [2.75, 3.05) is 31.6 Å². The topological polar surface area (TPSA) is 99.4 Å².